The zero-order valence-corrected chi connectivity index (χ0v) is 17.1. The number of ether oxygens (including phenoxy) is 2. The van der Waals surface area contributed by atoms with E-state index in [1.807, 2.05) is 32.0 Å². The molecule has 0 amide bonds. The van der Waals surface area contributed by atoms with Crippen molar-refractivity contribution in [2.45, 2.75) is 32.3 Å². The topological polar surface area (TPSA) is 66.1 Å². The summed E-state index contributed by atoms with van der Waals surface area (Å²) >= 11 is 0. The molecule has 2 N–H and O–H groups in total. The fraction of sp³-hybridized carbons (Fsp3) is 0.529. The molecule has 6 heteroatoms. The molecule has 1 atom stereocenters. The first-order valence-corrected chi connectivity index (χ1v) is 7.41. The second-order valence-electron chi connectivity index (χ2n) is 5.07. The third-order valence-electron chi connectivity index (χ3n) is 3.31. The second-order valence-corrected chi connectivity index (χ2v) is 5.07. The molecule has 1 spiro atoms. The van der Waals surface area contributed by atoms with E-state index in [0.717, 1.165) is 43.0 Å². The SMILES string of the molecule is CCN.CCOc1[c-]ccc(C2=NOC3(CCOC3)C2)c1.[CH3-].[Y]. The van der Waals surface area contributed by atoms with Gasteiger partial charge in [-0.3, -0.25) is 0 Å². The van der Waals surface area contributed by atoms with E-state index >= 15 is 0 Å². The molecule has 1 saturated heterocycles. The molecular formula is C17H26N2O3Y-2. The van der Waals surface area contributed by atoms with Crippen molar-refractivity contribution < 1.29 is 47.0 Å². The molecule has 0 bridgehead atoms. The minimum Gasteiger partial charge on any atom is -0.520 e. The van der Waals surface area contributed by atoms with Gasteiger partial charge in [0.05, 0.1) is 25.5 Å². The molecule has 1 aromatic carbocycles. The van der Waals surface area contributed by atoms with Crippen LogP contribution in [-0.4, -0.2) is 37.7 Å². The summed E-state index contributed by atoms with van der Waals surface area (Å²) in [6.07, 6.45) is 1.72. The van der Waals surface area contributed by atoms with Gasteiger partial charge in [-0.1, -0.05) is 12.1 Å². The minimum atomic E-state index is -0.222. The summed E-state index contributed by atoms with van der Waals surface area (Å²) in [6, 6.07) is 8.86. The summed E-state index contributed by atoms with van der Waals surface area (Å²) in [5, 5.41) is 4.21. The van der Waals surface area contributed by atoms with E-state index in [1.165, 1.54) is 0 Å². The van der Waals surface area contributed by atoms with Crippen LogP contribution < -0.4 is 10.5 Å². The van der Waals surface area contributed by atoms with Crippen LogP contribution in [0.15, 0.2) is 23.4 Å². The van der Waals surface area contributed by atoms with Crippen LogP contribution in [0, 0.1) is 13.5 Å². The van der Waals surface area contributed by atoms with Crippen LogP contribution >= 0.6 is 0 Å². The first-order valence-electron chi connectivity index (χ1n) is 7.41. The maximum absolute atomic E-state index is 5.58. The molecule has 1 unspecified atom stereocenters. The Morgan fingerprint density at radius 2 is 2.17 bits per heavy atom. The van der Waals surface area contributed by atoms with Gasteiger partial charge in [-0.15, -0.1) is 17.7 Å². The monoisotopic (exact) mass is 395 g/mol. The molecule has 5 nitrogen and oxygen atoms in total. The molecule has 1 aromatic rings. The van der Waals surface area contributed by atoms with Crippen LogP contribution in [0.1, 0.15) is 32.3 Å². The smallest absolute Gasteiger partial charge is 0.168 e. The quantitative estimate of drug-likeness (QED) is 0.799. The Balaban J connectivity index is 0.000000902. The van der Waals surface area contributed by atoms with Gasteiger partial charge < -0.3 is 27.5 Å². The summed E-state index contributed by atoms with van der Waals surface area (Å²) in [4.78, 5) is 5.58. The molecule has 2 aliphatic heterocycles. The van der Waals surface area contributed by atoms with Gasteiger partial charge in [-0.2, -0.15) is 12.1 Å². The van der Waals surface area contributed by atoms with E-state index < -0.39 is 0 Å². The number of nitrogens with zero attached hydrogens (tertiary/aromatic N) is 1. The summed E-state index contributed by atoms with van der Waals surface area (Å²) in [5.41, 5.74) is 6.64. The predicted molar refractivity (Wildman–Crippen MR) is 88.0 cm³/mol. The van der Waals surface area contributed by atoms with Crippen molar-refractivity contribution in [3.63, 3.8) is 0 Å². The largest absolute Gasteiger partial charge is 0.520 e. The van der Waals surface area contributed by atoms with Crippen LogP contribution in [0.4, 0.5) is 0 Å². The summed E-state index contributed by atoms with van der Waals surface area (Å²) in [5.74, 6) is 0.751. The van der Waals surface area contributed by atoms with Gasteiger partial charge in [0.1, 0.15) is 0 Å². The van der Waals surface area contributed by atoms with Crippen molar-refractivity contribution in [3.8, 4) is 5.75 Å². The molecule has 0 saturated carbocycles. The average molecular weight is 395 g/mol. The average Bonchev–Trinajstić information content (AvgIpc) is 3.11. The fourth-order valence-electron chi connectivity index (χ4n) is 2.34. The van der Waals surface area contributed by atoms with E-state index in [1.54, 1.807) is 0 Å². The zero-order valence-electron chi connectivity index (χ0n) is 14.3. The van der Waals surface area contributed by atoms with Crippen molar-refractivity contribution in [1.29, 1.82) is 0 Å². The maximum atomic E-state index is 5.58. The van der Waals surface area contributed by atoms with Gasteiger partial charge in [-0.25, -0.2) is 0 Å². The molecule has 0 aromatic heterocycles. The molecule has 3 rings (SSSR count). The summed E-state index contributed by atoms with van der Waals surface area (Å²) < 4.78 is 10.8. The van der Waals surface area contributed by atoms with Gasteiger partial charge in [0.15, 0.2) is 5.60 Å². The Bertz CT molecular complexity index is 488. The Kier molecular flexibility index (Phi) is 10.9. The minimum absolute atomic E-state index is 0. The van der Waals surface area contributed by atoms with Crippen LogP contribution in [0.25, 0.3) is 0 Å². The van der Waals surface area contributed by atoms with Crippen molar-refractivity contribution in [2.75, 3.05) is 26.4 Å². The number of hydrogen-bond acceptors (Lipinski definition) is 5. The van der Waals surface area contributed by atoms with Crippen LogP contribution in [0.5, 0.6) is 5.75 Å². The van der Waals surface area contributed by atoms with Crippen molar-refractivity contribution in [1.82, 2.24) is 0 Å². The molecule has 0 aliphatic carbocycles. The Hall–Kier alpha value is -0.486. The first-order chi connectivity index (χ1) is 10.2. The maximum Gasteiger partial charge on any atom is 0.168 e. The molecule has 127 valence electrons. The van der Waals surface area contributed by atoms with E-state index in [0.29, 0.717) is 13.2 Å². The van der Waals surface area contributed by atoms with Gasteiger partial charge >= 0.3 is 0 Å². The van der Waals surface area contributed by atoms with Crippen molar-refractivity contribution >= 4 is 5.71 Å². The summed E-state index contributed by atoms with van der Waals surface area (Å²) in [6.45, 7) is 6.65. The van der Waals surface area contributed by atoms with Crippen LogP contribution in [0.2, 0.25) is 0 Å². The Labute approximate surface area is 164 Å². The predicted octanol–water partition coefficient (Wildman–Crippen LogP) is 2.58. The van der Waals surface area contributed by atoms with Gasteiger partial charge in [0.2, 0.25) is 0 Å². The Morgan fingerprint density at radius 3 is 2.78 bits per heavy atom. The van der Waals surface area contributed by atoms with E-state index in [-0.39, 0.29) is 45.7 Å². The second kappa shape index (κ2) is 11.1. The van der Waals surface area contributed by atoms with E-state index in [2.05, 4.69) is 11.2 Å². The molecule has 2 aliphatic rings. The number of rotatable bonds is 3. The molecule has 2 heterocycles. The van der Waals surface area contributed by atoms with Gasteiger partial charge in [0, 0.05) is 51.3 Å². The first kappa shape index (κ1) is 22.5. The Morgan fingerprint density at radius 1 is 1.43 bits per heavy atom. The summed E-state index contributed by atoms with van der Waals surface area (Å²) in [7, 11) is 0. The number of benzene rings is 1. The standard InChI is InChI=1S/C14H16NO3.C2H7N.CH3.Y/c1-2-17-12-5-3-4-11(8-12)13-9-14(18-15-13)6-7-16-10-14;1-2-3;;/h3-4,8H,2,6-7,9-10H2,1H3;2-3H2,1H3;1H3;/q-1;;-1;. The van der Waals surface area contributed by atoms with E-state index in [4.69, 9.17) is 20.0 Å². The van der Waals surface area contributed by atoms with Gasteiger partial charge in [0.25, 0.3) is 0 Å². The van der Waals surface area contributed by atoms with Crippen LogP contribution in [0.3, 0.4) is 0 Å². The fourth-order valence-corrected chi connectivity index (χ4v) is 2.34. The number of hydrogen-bond donors (Lipinski definition) is 1. The third-order valence-corrected chi connectivity index (χ3v) is 3.31. The molecule has 23 heavy (non-hydrogen) atoms. The number of oxime groups is 1. The van der Waals surface area contributed by atoms with E-state index in [9.17, 15) is 0 Å². The van der Waals surface area contributed by atoms with Crippen molar-refractivity contribution in [3.05, 3.63) is 37.3 Å². The molecule has 1 radical (unpaired) electrons. The zero-order chi connectivity index (χ0) is 15.1. The van der Waals surface area contributed by atoms with Gasteiger partial charge in [-0.05, 0) is 13.5 Å². The molecule has 1 fully saturated rings. The number of nitrogens with two attached hydrogens (primary N) is 1. The van der Waals surface area contributed by atoms with Crippen LogP contribution in [-0.2, 0) is 42.3 Å². The molecular weight excluding hydrogens is 369 g/mol. The van der Waals surface area contributed by atoms with Crippen molar-refractivity contribution in [2.24, 2.45) is 10.9 Å². The third kappa shape index (κ3) is 6.14. The normalized spacial score (nSPS) is 21.3.